The van der Waals surface area contributed by atoms with Crippen LogP contribution in [0, 0.1) is 0 Å². The average Bonchev–Trinajstić information content (AvgIpc) is 2.99. The standard InChI is InChI=1S/C16H16ClN3OS2/c17-10-5-7-11(8-6-10)18-16(22)20-19-15(21)13-9-23-14-4-2-1-3-12(13)14/h5-9H,1-4H2,(H,19,21)(H2,18,20,22). The highest BCUT2D eigenvalue weighted by molar-refractivity contribution is 7.80. The summed E-state index contributed by atoms with van der Waals surface area (Å²) in [7, 11) is 0. The van der Waals surface area contributed by atoms with E-state index in [4.69, 9.17) is 23.8 Å². The number of nitrogens with one attached hydrogen (secondary N) is 3. The number of amides is 1. The first-order chi connectivity index (χ1) is 11.1. The van der Waals surface area contributed by atoms with Gasteiger partial charge < -0.3 is 5.32 Å². The maximum Gasteiger partial charge on any atom is 0.270 e. The molecule has 0 saturated heterocycles. The van der Waals surface area contributed by atoms with Gasteiger partial charge in [-0.1, -0.05) is 11.6 Å². The number of fused-ring (bicyclic) bond motifs is 1. The van der Waals surface area contributed by atoms with E-state index in [-0.39, 0.29) is 5.91 Å². The fourth-order valence-corrected chi connectivity index (χ4v) is 3.98. The Balaban J connectivity index is 1.55. The molecular weight excluding hydrogens is 350 g/mol. The first-order valence-corrected chi connectivity index (χ1v) is 9.02. The summed E-state index contributed by atoms with van der Waals surface area (Å²) >= 11 is 12.7. The number of hydrogen-bond acceptors (Lipinski definition) is 3. The monoisotopic (exact) mass is 365 g/mol. The van der Waals surface area contributed by atoms with E-state index < -0.39 is 0 Å². The van der Waals surface area contributed by atoms with Crippen LogP contribution in [0.1, 0.15) is 33.6 Å². The SMILES string of the molecule is O=C(NNC(=S)Nc1ccc(Cl)cc1)c1csc2c1CCCC2. The second kappa shape index (κ2) is 7.29. The van der Waals surface area contributed by atoms with Gasteiger partial charge in [0, 0.05) is 21.0 Å². The number of carbonyl (C=O) groups is 1. The number of benzene rings is 1. The maximum absolute atomic E-state index is 12.3. The zero-order valence-electron chi connectivity index (χ0n) is 12.3. The van der Waals surface area contributed by atoms with Crippen LogP contribution < -0.4 is 16.2 Å². The number of rotatable bonds is 2. The normalized spacial score (nSPS) is 13.1. The Bertz CT molecular complexity index is 727. The molecule has 1 heterocycles. The van der Waals surface area contributed by atoms with Crippen LogP contribution >= 0.6 is 35.2 Å². The summed E-state index contributed by atoms with van der Waals surface area (Å²) in [5.74, 6) is -0.148. The van der Waals surface area contributed by atoms with Gasteiger partial charge in [0.1, 0.15) is 0 Å². The second-order valence-corrected chi connectivity index (χ2v) is 7.11. The van der Waals surface area contributed by atoms with Crippen LogP contribution in [0.4, 0.5) is 5.69 Å². The Morgan fingerprint density at radius 2 is 1.87 bits per heavy atom. The lowest BCUT2D eigenvalue weighted by molar-refractivity contribution is 0.0943. The fourth-order valence-electron chi connectivity index (χ4n) is 2.56. The van der Waals surface area contributed by atoms with Gasteiger partial charge in [-0.3, -0.25) is 15.6 Å². The molecule has 0 bridgehead atoms. The number of aryl methyl sites for hydroxylation is 1. The van der Waals surface area contributed by atoms with Gasteiger partial charge in [-0.2, -0.15) is 0 Å². The quantitative estimate of drug-likeness (QED) is 0.558. The van der Waals surface area contributed by atoms with Crippen molar-refractivity contribution in [3.63, 3.8) is 0 Å². The molecule has 1 aromatic heterocycles. The summed E-state index contributed by atoms with van der Waals surface area (Å²) in [6.07, 6.45) is 4.42. The van der Waals surface area contributed by atoms with Crippen LogP contribution in [0.3, 0.4) is 0 Å². The summed E-state index contributed by atoms with van der Waals surface area (Å²) < 4.78 is 0. The van der Waals surface area contributed by atoms with Crippen molar-refractivity contribution in [3.8, 4) is 0 Å². The van der Waals surface area contributed by atoms with Crippen LogP contribution in [-0.2, 0) is 12.8 Å². The van der Waals surface area contributed by atoms with Crippen molar-refractivity contribution in [3.05, 3.63) is 50.7 Å². The molecule has 3 N–H and O–H groups in total. The van der Waals surface area contributed by atoms with Crippen molar-refractivity contribution in [2.24, 2.45) is 0 Å². The van der Waals surface area contributed by atoms with Gasteiger partial charge in [0.15, 0.2) is 5.11 Å². The first kappa shape index (κ1) is 16.2. The third-order valence-electron chi connectivity index (χ3n) is 3.70. The minimum atomic E-state index is -0.148. The Morgan fingerprint density at radius 3 is 2.65 bits per heavy atom. The Morgan fingerprint density at radius 1 is 1.13 bits per heavy atom. The molecule has 1 aromatic carbocycles. The molecule has 0 radical (unpaired) electrons. The molecule has 0 spiro atoms. The first-order valence-electron chi connectivity index (χ1n) is 7.35. The van der Waals surface area contributed by atoms with Crippen molar-refractivity contribution in [2.45, 2.75) is 25.7 Å². The van der Waals surface area contributed by atoms with Crippen molar-refractivity contribution in [2.75, 3.05) is 5.32 Å². The highest BCUT2D eigenvalue weighted by Crippen LogP contribution is 2.29. The number of carbonyl (C=O) groups excluding carboxylic acids is 1. The summed E-state index contributed by atoms with van der Waals surface area (Å²) in [5.41, 5.74) is 8.14. The van der Waals surface area contributed by atoms with E-state index in [1.165, 1.54) is 16.9 Å². The lowest BCUT2D eigenvalue weighted by Gasteiger charge is -2.14. The van der Waals surface area contributed by atoms with Crippen LogP contribution in [0.25, 0.3) is 0 Å². The van der Waals surface area contributed by atoms with Crippen LogP contribution in [0.5, 0.6) is 0 Å². The molecule has 1 amide bonds. The Hall–Kier alpha value is -1.63. The number of hydrazine groups is 1. The van der Waals surface area contributed by atoms with E-state index in [1.54, 1.807) is 23.5 Å². The third-order valence-corrected chi connectivity index (χ3v) is 5.24. The lowest BCUT2D eigenvalue weighted by Crippen LogP contribution is -2.43. The molecule has 0 atom stereocenters. The summed E-state index contributed by atoms with van der Waals surface area (Å²) in [4.78, 5) is 13.6. The molecule has 3 rings (SSSR count). The Kier molecular flexibility index (Phi) is 5.15. The topological polar surface area (TPSA) is 53.2 Å². The molecule has 0 fully saturated rings. The molecule has 0 saturated carbocycles. The molecule has 2 aromatic rings. The van der Waals surface area contributed by atoms with E-state index in [1.807, 2.05) is 17.5 Å². The van der Waals surface area contributed by atoms with Gasteiger partial charge in [-0.05, 0) is 67.7 Å². The highest BCUT2D eigenvalue weighted by Gasteiger charge is 2.20. The predicted octanol–water partition coefficient (Wildman–Crippen LogP) is 3.91. The average molecular weight is 366 g/mol. The number of thiophene rings is 1. The van der Waals surface area contributed by atoms with E-state index in [0.29, 0.717) is 10.1 Å². The maximum atomic E-state index is 12.3. The zero-order chi connectivity index (χ0) is 16.2. The largest absolute Gasteiger partial charge is 0.331 e. The van der Waals surface area contributed by atoms with Crippen LogP contribution in [-0.4, -0.2) is 11.0 Å². The minimum Gasteiger partial charge on any atom is -0.331 e. The molecule has 0 aliphatic heterocycles. The highest BCUT2D eigenvalue weighted by atomic mass is 35.5. The van der Waals surface area contributed by atoms with Crippen molar-refractivity contribution < 1.29 is 4.79 Å². The van der Waals surface area contributed by atoms with Gasteiger partial charge in [0.25, 0.3) is 5.91 Å². The second-order valence-electron chi connectivity index (χ2n) is 5.30. The molecule has 0 unspecified atom stereocenters. The third kappa shape index (κ3) is 4.02. The van der Waals surface area contributed by atoms with Crippen molar-refractivity contribution in [1.29, 1.82) is 0 Å². The van der Waals surface area contributed by atoms with Crippen LogP contribution in [0.2, 0.25) is 5.02 Å². The van der Waals surface area contributed by atoms with Gasteiger partial charge in [0.05, 0.1) is 5.56 Å². The van der Waals surface area contributed by atoms with Gasteiger partial charge in [-0.25, -0.2) is 0 Å². The lowest BCUT2D eigenvalue weighted by atomic mass is 9.96. The molecule has 1 aliphatic rings. The smallest absolute Gasteiger partial charge is 0.270 e. The molecular formula is C16H16ClN3OS2. The summed E-state index contributed by atoms with van der Waals surface area (Å²) in [6.45, 7) is 0. The van der Waals surface area contributed by atoms with E-state index in [0.717, 1.165) is 30.5 Å². The predicted molar refractivity (Wildman–Crippen MR) is 99.2 cm³/mol. The van der Waals surface area contributed by atoms with E-state index >= 15 is 0 Å². The number of thiocarbonyl (C=S) groups is 1. The van der Waals surface area contributed by atoms with Gasteiger partial charge >= 0.3 is 0 Å². The molecule has 1 aliphatic carbocycles. The summed E-state index contributed by atoms with van der Waals surface area (Å²) in [6, 6.07) is 7.16. The summed E-state index contributed by atoms with van der Waals surface area (Å²) in [5, 5.41) is 5.90. The molecule has 4 nitrogen and oxygen atoms in total. The van der Waals surface area contributed by atoms with Crippen molar-refractivity contribution >= 4 is 51.9 Å². The van der Waals surface area contributed by atoms with Gasteiger partial charge in [-0.15, -0.1) is 11.3 Å². The van der Waals surface area contributed by atoms with E-state index in [9.17, 15) is 4.79 Å². The molecule has 7 heteroatoms. The van der Waals surface area contributed by atoms with Crippen LogP contribution in [0.15, 0.2) is 29.6 Å². The fraction of sp³-hybridized carbons (Fsp3) is 0.250. The number of anilines is 1. The minimum absolute atomic E-state index is 0.148. The van der Waals surface area contributed by atoms with Crippen molar-refractivity contribution in [1.82, 2.24) is 10.9 Å². The Labute approximate surface area is 149 Å². The zero-order valence-corrected chi connectivity index (χ0v) is 14.7. The molecule has 23 heavy (non-hydrogen) atoms. The number of halogens is 1. The van der Waals surface area contributed by atoms with Gasteiger partial charge in [0.2, 0.25) is 0 Å². The number of hydrogen-bond donors (Lipinski definition) is 3. The molecule has 120 valence electrons. The van der Waals surface area contributed by atoms with E-state index in [2.05, 4.69) is 16.2 Å².